The van der Waals surface area contributed by atoms with Crippen LogP contribution in [-0.4, -0.2) is 10.8 Å². The van der Waals surface area contributed by atoms with Crippen LogP contribution in [0, 0.1) is 0 Å². The Kier molecular flexibility index (Phi) is 3.74. The number of nitrogens with zero attached hydrogens (tertiary/aromatic N) is 1. The lowest BCUT2D eigenvalue weighted by molar-refractivity contribution is 0.0996. The molecule has 16 heavy (non-hydrogen) atoms. The zero-order chi connectivity index (χ0) is 11.5. The Balaban J connectivity index is 2.13. The number of aromatic nitrogens is 1. The Labute approximate surface area is 110 Å². The second kappa shape index (κ2) is 5.08. The van der Waals surface area contributed by atoms with Crippen LogP contribution in [0.25, 0.3) is 0 Å². The summed E-state index contributed by atoms with van der Waals surface area (Å²) in [7, 11) is 0. The van der Waals surface area contributed by atoms with Crippen LogP contribution >= 0.6 is 38.9 Å². The minimum absolute atomic E-state index is 0.0665. The van der Waals surface area contributed by atoms with Gasteiger partial charge in [-0.25, -0.2) is 0 Å². The van der Waals surface area contributed by atoms with Crippen LogP contribution in [0.3, 0.4) is 0 Å². The van der Waals surface area contributed by atoms with Gasteiger partial charge in [-0.15, -0.1) is 11.3 Å². The lowest BCUT2D eigenvalue weighted by atomic mass is 10.1. The molecule has 0 aliphatic rings. The molecule has 0 amide bonds. The molecule has 2 aromatic heterocycles. The first-order valence-corrected chi connectivity index (χ1v) is 6.52. The van der Waals surface area contributed by atoms with Crippen molar-refractivity contribution in [1.82, 2.24) is 4.98 Å². The summed E-state index contributed by atoms with van der Waals surface area (Å²) < 4.78 is 1.51. The van der Waals surface area contributed by atoms with Crippen molar-refractivity contribution in [3.63, 3.8) is 0 Å². The van der Waals surface area contributed by atoms with Gasteiger partial charge in [-0.05, 0) is 39.7 Å². The molecule has 0 saturated carbocycles. The molecule has 2 heterocycles. The predicted molar refractivity (Wildman–Crippen MR) is 69.3 cm³/mol. The van der Waals surface area contributed by atoms with Crippen LogP contribution in [0.1, 0.15) is 15.2 Å². The number of halogens is 2. The maximum absolute atomic E-state index is 11.8. The van der Waals surface area contributed by atoms with Crippen LogP contribution in [0.5, 0.6) is 0 Å². The number of Topliss-reactive ketones (excluding diaryl/α,β-unsaturated/α-hetero) is 1. The van der Waals surface area contributed by atoms with Crippen LogP contribution in [0.2, 0.25) is 4.34 Å². The van der Waals surface area contributed by atoms with Crippen molar-refractivity contribution in [2.75, 3.05) is 0 Å². The largest absolute Gasteiger partial charge is 0.293 e. The molecule has 2 aromatic rings. The maximum atomic E-state index is 11.8. The highest BCUT2D eigenvalue weighted by molar-refractivity contribution is 9.10. The molecule has 0 saturated heterocycles. The fourth-order valence-electron chi connectivity index (χ4n) is 1.29. The first kappa shape index (κ1) is 11.8. The molecule has 0 atom stereocenters. The lowest BCUT2D eigenvalue weighted by Gasteiger charge is -1.99. The van der Waals surface area contributed by atoms with Crippen molar-refractivity contribution in [3.8, 4) is 0 Å². The van der Waals surface area contributed by atoms with Crippen LogP contribution in [0.4, 0.5) is 0 Å². The van der Waals surface area contributed by atoms with Crippen molar-refractivity contribution < 1.29 is 4.79 Å². The summed E-state index contributed by atoms with van der Waals surface area (Å²) in [5.74, 6) is 0.0665. The molecule has 2 rings (SSSR count). The van der Waals surface area contributed by atoms with Crippen molar-refractivity contribution in [2.45, 2.75) is 6.42 Å². The van der Waals surface area contributed by atoms with E-state index in [2.05, 4.69) is 20.9 Å². The highest BCUT2D eigenvalue weighted by Gasteiger charge is 2.10. The van der Waals surface area contributed by atoms with E-state index in [1.807, 2.05) is 6.07 Å². The Bertz CT molecular complexity index is 526. The maximum Gasteiger partial charge on any atom is 0.177 e. The zero-order valence-electron chi connectivity index (χ0n) is 8.11. The number of thiophene rings is 1. The van der Waals surface area contributed by atoms with E-state index in [1.54, 1.807) is 24.5 Å². The molecule has 0 unspecified atom stereocenters. The molecule has 2 nitrogen and oxygen atoms in total. The number of pyridine rings is 1. The average Bonchev–Trinajstić information content (AvgIpc) is 2.65. The van der Waals surface area contributed by atoms with E-state index >= 15 is 0 Å². The molecule has 0 fully saturated rings. The van der Waals surface area contributed by atoms with Gasteiger partial charge < -0.3 is 0 Å². The Morgan fingerprint density at radius 2 is 2.25 bits per heavy atom. The quantitative estimate of drug-likeness (QED) is 0.802. The molecule has 0 bridgehead atoms. The van der Waals surface area contributed by atoms with Gasteiger partial charge in [0.2, 0.25) is 0 Å². The van der Waals surface area contributed by atoms with E-state index in [9.17, 15) is 4.79 Å². The van der Waals surface area contributed by atoms with Gasteiger partial charge in [0, 0.05) is 23.3 Å². The van der Waals surface area contributed by atoms with E-state index in [1.165, 1.54) is 11.3 Å². The highest BCUT2D eigenvalue weighted by Crippen LogP contribution is 2.23. The molecule has 0 aliphatic carbocycles. The number of ketones is 1. The van der Waals surface area contributed by atoms with Crippen molar-refractivity contribution >= 4 is 44.7 Å². The molecular formula is C11H7BrClNOS. The lowest BCUT2D eigenvalue weighted by Crippen LogP contribution is -2.01. The molecule has 0 radical (unpaired) electrons. The fraction of sp³-hybridized carbons (Fsp3) is 0.0909. The number of hydrogen-bond acceptors (Lipinski definition) is 3. The Hall–Kier alpha value is -0.710. The van der Waals surface area contributed by atoms with Crippen molar-refractivity contribution in [1.29, 1.82) is 0 Å². The van der Waals surface area contributed by atoms with Gasteiger partial charge in [0.1, 0.15) is 0 Å². The van der Waals surface area contributed by atoms with E-state index in [4.69, 9.17) is 11.6 Å². The van der Waals surface area contributed by atoms with E-state index in [0.717, 1.165) is 10.0 Å². The fourth-order valence-corrected chi connectivity index (χ4v) is 2.68. The van der Waals surface area contributed by atoms with Crippen LogP contribution < -0.4 is 0 Å². The molecule has 0 spiro atoms. The topological polar surface area (TPSA) is 30.0 Å². The smallest absolute Gasteiger partial charge is 0.177 e. The highest BCUT2D eigenvalue weighted by atomic mass is 79.9. The van der Waals surface area contributed by atoms with Gasteiger partial charge in [-0.1, -0.05) is 11.6 Å². The first-order valence-electron chi connectivity index (χ1n) is 4.53. The number of carbonyl (C=O) groups is 1. The van der Waals surface area contributed by atoms with Gasteiger partial charge in [0.15, 0.2) is 5.78 Å². The number of hydrogen-bond donors (Lipinski definition) is 0. The normalized spacial score (nSPS) is 10.4. The minimum atomic E-state index is 0.0665. The van der Waals surface area contributed by atoms with Gasteiger partial charge in [-0.2, -0.15) is 0 Å². The summed E-state index contributed by atoms with van der Waals surface area (Å²) in [5.41, 5.74) is 0.892. The molecule has 0 N–H and O–H groups in total. The van der Waals surface area contributed by atoms with Crippen LogP contribution in [0.15, 0.2) is 35.1 Å². The molecule has 0 aromatic carbocycles. The Morgan fingerprint density at radius 1 is 1.44 bits per heavy atom. The molecule has 0 aliphatic heterocycles. The monoisotopic (exact) mass is 315 g/mol. The summed E-state index contributed by atoms with van der Waals surface area (Å²) in [6.45, 7) is 0. The van der Waals surface area contributed by atoms with Crippen molar-refractivity contribution in [2.24, 2.45) is 0 Å². The number of carbonyl (C=O) groups excluding carboxylic acids is 1. The van der Waals surface area contributed by atoms with Gasteiger partial charge in [0.05, 0.1) is 9.21 Å². The summed E-state index contributed by atoms with van der Waals surface area (Å²) in [6, 6.07) is 5.37. The minimum Gasteiger partial charge on any atom is -0.293 e. The molecule has 5 heteroatoms. The van der Waals surface area contributed by atoms with Crippen LogP contribution in [-0.2, 0) is 6.42 Å². The third-order valence-electron chi connectivity index (χ3n) is 1.97. The van der Waals surface area contributed by atoms with E-state index in [0.29, 0.717) is 15.6 Å². The third-order valence-corrected chi connectivity index (χ3v) is 3.68. The van der Waals surface area contributed by atoms with E-state index < -0.39 is 0 Å². The van der Waals surface area contributed by atoms with Gasteiger partial charge >= 0.3 is 0 Å². The zero-order valence-corrected chi connectivity index (χ0v) is 11.3. The SMILES string of the molecule is O=C(Cc1cncc(Br)c1)c1ccc(Cl)s1. The Morgan fingerprint density at radius 3 is 2.88 bits per heavy atom. The third kappa shape index (κ3) is 2.90. The summed E-state index contributed by atoms with van der Waals surface area (Å²) in [6.07, 6.45) is 3.73. The average molecular weight is 317 g/mol. The first-order chi connectivity index (χ1) is 7.65. The van der Waals surface area contributed by atoms with Crippen molar-refractivity contribution in [3.05, 3.63) is 49.8 Å². The second-order valence-corrected chi connectivity index (χ2v) is 5.85. The van der Waals surface area contributed by atoms with Gasteiger partial charge in [-0.3, -0.25) is 9.78 Å². The van der Waals surface area contributed by atoms with E-state index in [-0.39, 0.29) is 5.78 Å². The number of rotatable bonds is 3. The second-order valence-electron chi connectivity index (χ2n) is 3.22. The summed E-state index contributed by atoms with van der Waals surface area (Å²) in [4.78, 5) is 16.5. The standard InChI is InChI=1S/C11H7BrClNOS/c12-8-3-7(5-14-6-8)4-9(15)10-1-2-11(13)16-10/h1-3,5-6H,4H2. The molecule has 82 valence electrons. The predicted octanol–water partition coefficient (Wildman–Crippen LogP) is 3.98. The summed E-state index contributed by atoms with van der Waals surface area (Å²) >= 11 is 10.4. The van der Waals surface area contributed by atoms with Gasteiger partial charge in [0.25, 0.3) is 0 Å². The summed E-state index contributed by atoms with van der Waals surface area (Å²) in [5, 5.41) is 0. The molecular weight excluding hydrogens is 310 g/mol.